The lowest BCUT2D eigenvalue weighted by molar-refractivity contribution is 0.0926. The summed E-state index contributed by atoms with van der Waals surface area (Å²) in [5.74, 6) is -0.0782. The van der Waals surface area contributed by atoms with Crippen LogP contribution in [0.15, 0.2) is 0 Å². The Morgan fingerprint density at radius 3 is 3.13 bits per heavy atom. The Labute approximate surface area is 134 Å². The van der Waals surface area contributed by atoms with Gasteiger partial charge in [0.2, 0.25) is 0 Å². The van der Waals surface area contributed by atoms with Gasteiger partial charge < -0.3 is 10.6 Å². The topological polar surface area (TPSA) is 87.6 Å². The van der Waals surface area contributed by atoms with E-state index in [0.29, 0.717) is 5.69 Å². The Bertz CT molecular complexity index is 759. The number of H-pyrrole nitrogens is 1. The molecule has 1 aliphatic carbocycles. The maximum absolute atomic E-state index is 12.7. The molecule has 122 valence electrons. The first kappa shape index (κ1) is 14.4. The minimum Gasteiger partial charge on any atom is -0.344 e. The number of fused-ring (bicyclic) bond motifs is 2. The smallest absolute Gasteiger partial charge is 0.272 e. The van der Waals surface area contributed by atoms with Gasteiger partial charge >= 0.3 is 0 Å². The fraction of sp³-hybridized carbons (Fsp3) is 0.562. The summed E-state index contributed by atoms with van der Waals surface area (Å²) in [4.78, 5) is 12.7. The summed E-state index contributed by atoms with van der Waals surface area (Å²) in [6.45, 7) is 3.67. The molecule has 0 radical (unpaired) electrons. The molecule has 7 nitrogen and oxygen atoms in total. The van der Waals surface area contributed by atoms with Gasteiger partial charge in [0.1, 0.15) is 0 Å². The summed E-state index contributed by atoms with van der Waals surface area (Å²) in [5.41, 5.74) is 6.09. The van der Waals surface area contributed by atoms with Crippen LogP contribution in [0, 0.1) is 6.92 Å². The molecule has 0 spiro atoms. The number of rotatable bonds is 2. The molecule has 3 N–H and O–H groups in total. The van der Waals surface area contributed by atoms with Crippen LogP contribution in [0.3, 0.4) is 0 Å². The number of aromatic amines is 1. The Balaban J connectivity index is 1.60. The van der Waals surface area contributed by atoms with E-state index in [1.807, 2.05) is 18.7 Å². The molecule has 0 saturated heterocycles. The maximum atomic E-state index is 12.7. The Morgan fingerprint density at radius 1 is 1.39 bits per heavy atom. The van der Waals surface area contributed by atoms with Crippen LogP contribution in [0.4, 0.5) is 0 Å². The SMILES string of the molecule is Cc1nn(C)c2c1C(NC(=O)c1n[nH]c3c1CCNC3)CCC2. The molecule has 2 aromatic rings. The monoisotopic (exact) mass is 314 g/mol. The molecule has 0 fully saturated rings. The second-order valence-electron chi connectivity index (χ2n) is 6.44. The molecule has 0 aromatic carbocycles. The summed E-state index contributed by atoms with van der Waals surface area (Å²) < 4.78 is 1.95. The van der Waals surface area contributed by atoms with E-state index in [0.717, 1.165) is 55.7 Å². The van der Waals surface area contributed by atoms with E-state index in [1.165, 1.54) is 11.3 Å². The van der Waals surface area contributed by atoms with E-state index in [2.05, 4.69) is 25.9 Å². The average molecular weight is 314 g/mol. The molecule has 7 heteroatoms. The fourth-order valence-electron chi connectivity index (χ4n) is 3.89. The summed E-state index contributed by atoms with van der Waals surface area (Å²) >= 11 is 0. The predicted octanol–water partition coefficient (Wildman–Crippen LogP) is 0.905. The number of carbonyl (C=O) groups is 1. The highest BCUT2D eigenvalue weighted by Crippen LogP contribution is 2.32. The van der Waals surface area contributed by atoms with Crippen LogP contribution >= 0.6 is 0 Å². The van der Waals surface area contributed by atoms with Crippen molar-refractivity contribution in [2.24, 2.45) is 7.05 Å². The van der Waals surface area contributed by atoms with Gasteiger partial charge in [-0.25, -0.2) is 0 Å². The zero-order valence-corrected chi connectivity index (χ0v) is 13.6. The molecule has 2 aromatic heterocycles. The van der Waals surface area contributed by atoms with E-state index >= 15 is 0 Å². The first-order valence-corrected chi connectivity index (χ1v) is 8.25. The van der Waals surface area contributed by atoms with E-state index in [4.69, 9.17) is 0 Å². The minimum atomic E-state index is -0.0782. The number of aryl methyl sites for hydroxylation is 2. The molecule has 1 aliphatic heterocycles. The largest absolute Gasteiger partial charge is 0.344 e. The van der Waals surface area contributed by atoms with Crippen molar-refractivity contribution in [3.63, 3.8) is 0 Å². The van der Waals surface area contributed by atoms with Crippen LogP contribution in [0.25, 0.3) is 0 Å². The van der Waals surface area contributed by atoms with Crippen molar-refractivity contribution in [1.29, 1.82) is 0 Å². The maximum Gasteiger partial charge on any atom is 0.272 e. The van der Waals surface area contributed by atoms with Gasteiger partial charge in [-0.2, -0.15) is 10.2 Å². The number of carbonyl (C=O) groups excluding carboxylic acids is 1. The number of hydrogen-bond acceptors (Lipinski definition) is 4. The number of hydrogen-bond donors (Lipinski definition) is 3. The van der Waals surface area contributed by atoms with Gasteiger partial charge in [-0.3, -0.25) is 14.6 Å². The molecule has 1 amide bonds. The van der Waals surface area contributed by atoms with Gasteiger partial charge in [0.15, 0.2) is 5.69 Å². The van der Waals surface area contributed by atoms with Crippen molar-refractivity contribution in [3.05, 3.63) is 33.9 Å². The van der Waals surface area contributed by atoms with Gasteiger partial charge in [-0.1, -0.05) is 0 Å². The molecule has 1 atom stereocenters. The van der Waals surface area contributed by atoms with Crippen molar-refractivity contribution in [3.8, 4) is 0 Å². The predicted molar refractivity (Wildman–Crippen MR) is 85.1 cm³/mol. The zero-order chi connectivity index (χ0) is 16.0. The average Bonchev–Trinajstić information content (AvgIpc) is 3.10. The van der Waals surface area contributed by atoms with Crippen molar-refractivity contribution in [2.45, 2.75) is 45.2 Å². The summed E-state index contributed by atoms with van der Waals surface area (Å²) in [6, 6.07) is 0.0361. The molecular weight excluding hydrogens is 292 g/mol. The normalized spacial score (nSPS) is 20.0. The molecule has 3 heterocycles. The minimum absolute atomic E-state index is 0.0361. The van der Waals surface area contributed by atoms with E-state index in [9.17, 15) is 4.79 Å². The lowest BCUT2D eigenvalue weighted by Gasteiger charge is -2.24. The Kier molecular flexibility index (Phi) is 3.45. The van der Waals surface area contributed by atoms with E-state index in [1.54, 1.807) is 0 Å². The summed E-state index contributed by atoms with van der Waals surface area (Å²) in [5, 5.41) is 18.2. The molecule has 4 rings (SSSR count). The molecular formula is C16H22N6O. The van der Waals surface area contributed by atoms with Crippen molar-refractivity contribution in [2.75, 3.05) is 6.54 Å². The zero-order valence-electron chi connectivity index (χ0n) is 13.6. The van der Waals surface area contributed by atoms with Crippen molar-refractivity contribution >= 4 is 5.91 Å². The number of nitrogens with zero attached hydrogens (tertiary/aromatic N) is 3. The first-order valence-electron chi connectivity index (χ1n) is 8.25. The van der Waals surface area contributed by atoms with Crippen LogP contribution in [0.2, 0.25) is 0 Å². The lowest BCUT2D eigenvalue weighted by Crippen LogP contribution is -2.33. The number of amides is 1. The summed E-state index contributed by atoms with van der Waals surface area (Å²) in [7, 11) is 1.98. The van der Waals surface area contributed by atoms with Gasteiger partial charge in [0.25, 0.3) is 5.91 Å². The van der Waals surface area contributed by atoms with E-state index < -0.39 is 0 Å². The van der Waals surface area contributed by atoms with Crippen molar-refractivity contribution in [1.82, 2.24) is 30.6 Å². The van der Waals surface area contributed by atoms with Crippen LogP contribution in [0.1, 0.15) is 57.6 Å². The second-order valence-corrected chi connectivity index (χ2v) is 6.44. The molecule has 23 heavy (non-hydrogen) atoms. The summed E-state index contributed by atoms with van der Waals surface area (Å²) in [6.07, 6.45) is 3.90. The molecule has 0 bridgehead atoms. The quantitative estimate of drug-likeness (QED) is 0.769. The van der Waals surface area contributed by atoms with Gasteiger partial charge in [0, 0.05) is 30.4 Å². The fourth-order valence-corrected chi connectivity index (χ4v) is 3.89. The van der Waals surface area contributed by atoms with Crippen LogP contribution in [-0.2, 0) is 26.4 Å². The van der Waals surface area contributed by atoms with Crippen LogP contribution < -0.4 is 10.6 Å². The highest BCUT2D eigenvalue weighted by molar-refractivity contribution is 5.94. The number of aromatic nitrogens is 4. The second kappa shape index (κ2) is 5.49. The molecule has 0 saturated carbocycles. The van der Waals surface area contributed by atoms with Crippen LogP contribution in [0.5, 0.6) is 0 Å². The van der Waals surface area contributed by atoms with Crippen LogP contribution in [-0.4, -0.2) is 32.4 Å². The molecule has 2 aliphatic rings. The van der Waals surface area contributed by atoms with Gasteiger partial charge in [0.05, 0.1) is 17.4 Å². The third kappa shape index (κ3) is 2.35. The van der Waals surface area contributed by atoms with Gasteiger partial charge in [-0.15, -0.1) is 0 Å². The lowest BCUT2D eigenvalue weighted by atomic mass is 9.90. The highest BCUT2D eigenvalue weighted by atomic mass is 16.2. The Hall–Kier alpha value is -2.15. The highest BCUT2D eigenvalue weighted by Gasteiger charge is 2.29. The first-order chi connectivity index (χ1) is 11.1. The molecule has 1 unspecified atom stereocenters. The van der Waals surface area contributed by atoms with E-state index in [-0.39, 0.29) is 11.9 Å². The van der Waals surface area contributed by atoms with Gasteiger partial charge in [-0.05, 0) is 39.2 Å². The standard InChI is InChI=1S/C16H22N6O/c1-9-14-11(4-3-5-13(14)22(2)21-9)18-16(23)15-10-6-7-17-8-12(10)19-20-15/h11,17H,3-8H2,1-2H3,(H,18,23)(H,19,20). The third-order valence-corrected chi connectivity index (χ3v) is 4.97. The Morgan fingerprint density at radius 2 is 2.26 bits per heavy atom. The van der Waals surface area contributed by atoms with Crippen molar-refractivity contribution < 1.29 is 4.79 Å². The third-order valence-electron chi connectivity index (χ3n) is 4.97. The number of nitrogens with one attached hydrogen (secondary N) is 3.